The van der Waals surface area contributed by atoms with Crippen molar-refractivity contribution in [2.24, 2.45) is 16.9 Å². The van der Waals surface area contributed by atoms with E-state index in [1.165, 1.54) is 15.9 Å². The molecule has 0 bridgehead atoms. The standard InChI is InChI=1S/C54H69FN8O8S/c1-30(34-16-18-36(19-17-34)48-31(2)58-29-72-48)59-50(67)43-26-39(64)27-62(43)53(70)49(54(4,5)6)61-46(66)13-8-7-10-33-14-15-38(40(55)24-33)28-71-32(3)42(22-23-45(57)65)60-51(68)44-25-37-12-9-11-35-20-21-41(56)52(69)63(44)47(35)37/h9,11-12,14-19,24,29-30,32,39,41-44,49,64H,7-8,10,13,20-23,25-28,56H2,1-6H3,(H2,57,65)(H,59,67)(H,60,68)(H,61,66)/t30-,32+,39+,41-,42-,43-,44-,49+/m0/s1. The van der Waals surface area contributed by atoms with Gasteiger partial charge in [-0.1, -0.05) is 75.4 Å². The van der Waals surface area contributed by atoms with Crippen molar-refractivity contribution in [1.82, 2.24) is 25.8 Å². The number of nitrogens with one attached hydrogen (secondary N) is 3. The quantitative estimate of drug-likeness (QED) is 0.0631. The molecule has 0 saturated carbocycles. The number of β-amino-alcohol motifs (C(OH)–C–C–N with tert-alkyl or cyclic N) is 1. The molecule has 18 heteroatoms. The molecule has 0 spiro atoms. The second kappa shape index (κ2) is 23.2. The van der Waals surface area contributed by atoms with Crippen LogP contribution in [0.1, 0.15) is 119 Å². The predicted octanol–water partition coefficient (Wildman–Crippen LogP) is 5.23. The number of nitrogens with two attached hydrogens (primary N) is 2. The third kappa shape index (κ3) is 12.7. The zero-order valence-corrected chi connectivity index (χ0v) is 42.9. The first-order chi connectivity index (χ1) is 34.2. The number of aliphatic hydroxyl groups is 1. The van der Waals surface area contributed by atoms with Crippen LogP contribution in [0.25, 0.3) is 10.4 Å². The van der Waals surface area contributed by atoms with E-state index in [0.29, 0.717) is 44.1 Å². The summed E-state index contributed by atoms with van der Waals surface area (Å²) in [7, 11) is 0. The highest BCUT2D eigenvalue weighted by atomic mass is 32.1. The topological polar surface area (TPSA) is 239 Å². The van der Waals surface area contributed by atoms with Crippen molar-refractivity contribution in [3.63, 3.8) is 0 Å². The summed E-state index contributed by atoms with van der Waals surface area (Å²) in [5.74, 6) is -2.94. The lowest BCUT2D eigenvalue weighted by Gasteiger charge is -2.35. The smallest absolute Gasteiger partial charge is 0.246 e. The Morgan fingerprint density at radius 2 is 1.68 bits per heavy atom. The number of aryl methyl sites for hydroxylation is 3. The highest BCUT2D eigenvalue weighted by molar-refractivity contribution is 7.13. The summed E-state index contributed by atoms with van der Waals surface area (Å²) in [4.78, 5) is 88.7. The number of unbranched alkanes of at least 4 members (excludes halogenated alkanes) is 1. The summed E-state index contributed by atoms with van der Waals surface area (Å²) in [5, 5.41) is 19.6. The molecule has 4 heterocycles. The molecule has 0 aliphatic carbocycles. The molecule has 16 nitrogen and oxygen atoms in total. The van der Waals surface area contributed by atoms with E-state index in [2.05, 4.69) is 20.9 Å². The van der Waals surface area contributed by atoms with Crippen LogP contribution >= 0.6 is 11.3 Å². The SMILES string of the molecule is Cc1ncsc1-c1ccc([C@H](C)NC(=O)[C@@H]2C[C@@H](O)CN2C(=O)[C@@H](NC(=O)CCCCc2ccc(CO[C@H](C)[C@H](CCC(N)=O)NC(=O)[C@@H]3Cc4cccc5c4N3C(=O)[C@@H](N)CC5)c(F)c2)C(C)(C)C)cc1. The maximum Gasteiger partial charge on any atom is 0.246 e. The Kier molecular flexibility index (Phi) is 17.3. The number of para-hydroxylation sites is 1. The molecular formula is C54H69FN8O8S. The lowest BCUT2D eigenvalue weighted by atomic mass is 9.85. The Morgan fingerprint density at radius 3 is 2.36 bits per heavy atom. The van der Waals surface area contributed by atoms with E-state index in [9.17, 15) is 33.9 Å². The van der Waals surface area contributed by atoms with Gasteiger partial charge in [-0.15, -0.1) is 11.3 Å². The minimum absolute atomic E-state index is 0.0302. The average molecular weight is 1010 g/mol. The molecule has 3 aliphatic heterocycles. The molecule has 8 atom stereocenters. The van der Waals surface area contributed by atoms with Gasteiger partial charge in [-0.3, -0.25) is 33.7 Å². The van der Waals surface area contributed by atoms with E-state index in [0.717, 1.165) is 44.1 Å². The molecule has 0 radical (unpaired) electrons. The van der Waals surface area contributed by atoms with E-state index in [1.54, 1.807) is 35.9 Å². The number of hydrogen-bond donors (Lipinski definition) is 6. The van der Waals surface area contributed by atoms with Crippen molar-refractivity contribution in [2.45, 2.75) is 161 Å². The Hall–Kier alpha value is -6.08. The number of likely N-dealkylation sites (tertiary alicyclic amines) is 1. The van der Waals surface area contributed by atoms with E-state index in [1.807, 2.05) is 77.1 Å². The molecule has 3 aromatic carbocycles. The number of aliphatic hydroxyl groups excluding tert-OH is 1. The lowest BCUT2D eigenvalue weighted by Crippen LogP contribution is -2.57. The van der Waals surface area contributed by atoms with Gasteiger partial charge in [-0.2, -0.15) is 0 Å². The minimum Gasteiger partial charge on any atom is -0.391 e. The Morgan fingerprint density at radius 1 is 0.958 bits per heavy atom. The minimum atomic E-state index is -0.968. The van der Waals surface area contributed by atoms with Crippen molar-refractivity contribution in [2.75, 3.05) is 11.4 Å². The highest BCUT2D eigenvalue weighted by Gasteiger charge is 2.46. The van der Waals surface area contributed by atoms with Crippen LogP contribution in [0, 0.1) is 18.2 Å². The maximum absolute atomic E-state index is 15.5. The van der Waals surface area contributed by atoms with Crippen LogP contribution in [-0.2, 0) is 59.4 Å². The van der Waals surface area contributed by atoms with Crippen molar-refractivity contribution < 1.29 is 43.0 Å². The van der Waals surface area contributed by atoms with E-state index < -0.39 is 71.4 Å². The van der Waals surface area contributed by atoms with Crippen LogP contribution in [-0.4, -0.2) is 99.4 Å². The molecule has 0 unspecified atom stereocenters. The zero-order valence-electron chi connectivity index (χ0n) is 42.0. The summed E-state index contributed by atoms with van der Waals surface area (Å²) in [6, 6.07) is 14.0. The average Bonchev–Trinajstić information content (AvgIpc) is 4.05. The van der Waals surface area contributed by atoms with Gasteiger partial charge in [-0.05, 0) is 98.6 Å². The fourth-order valence-electron chi connectivity index (χ4n) is 9.93. The van der Waals surface area contributed by atoms with Crippen LogP contribution in [0.15, 0.2) is 66.2 Å². The van der Waals surface area contributed by atoms with Crippen molar-refractivity contribution in [1.29, 1.82) is 0 Å². The molecule has 6 amide bonds. The summed E-state index contributed by atoms with van der Waals surface area (Å²) in [5.41, 5.74) is 19.3. The van der Waals surface area contributed by atoms with E-state index >= 15 is 4.39 Å². The number of carbonyl (C=O) groups is 6. The summed E-state index contributed by atoms with van der Waals surface area (Å²) in [6.45, 7) is 10.9. The zero-order chi connectivity index (χ0) is 52.0. The summed E-state index contributed by atoms with van der Waals surface area (Å²) < 4.78 is 21.6. The Bertz CT molecular complexity index is 2640. The van der Waals surface area contributed by atoms with Gasteiger partial charge in [0.25, 0.3) is 0 Å². The lowest BCUT2D eigenvalue weighted by molar-refractivity contribution is -0.144. The number of rotatable bonds is 20. The second-order valence-electron chi connectivity index (χ2n) is 20.6. The number of thiazole rings is 1. The largest absolute Gasteiger partial charge is 0.391 e. The van der Waals surface area contributed by atoms with Crippen LogP contribution in [0.2, 0.25) is 0 Å². The molecule has 8 N–H and O–H groups in total. The van der Waals surface area contributed by atoms with Gasteiger partial charge in [0.05, 0.1) is 58.7 Å². The number of carbonyl (C=O) groups excluding carboxylic acids is 6. The number of amides is 6. The van der Waals surface area contributed by atoms with Crippen molar-refractivity contribution >= 4 is 52.5 Å². The number of anilines is 1. The maximum atomic E-state index is 15.5. The molecule has 386 valence electrons. The first kappa shape index (κ1) is 53.7. The van der Waals surface area contributed by atoms with Gasteiger partial charge < -0.3 is 42.2 Å². The molecule has 7 rings (SSSR count). The number of ether oxygens (including phenoxy) is 1. The van der Waals surface area contributed by atoms with Crippen LogP contribution < -0.4 is 32.3 Å². The van der Waals surface area contributed by atoms with Crippen LogP contribution in [0.5, 0.6) is 0 Å². The van der Waals surface area contributed by atoms with E-state index in [-0.39, 0.29) is 62.6 Å². The van der Waals surface area contributed by atoms with Crippen molar-refractivity contribution in [3.8, 4) is 10.4 Å². The van der Waals surface area contributed by atoms with Gasteiger partial charge in [0.2, 0.25) is 35.4 Å². The van der Waals surface area contributed by atoms with Gasteiger partial charge in [-0.25, -0.2) is 9.37 Å². The van der Waals surface area contributed by atoms with Gasteiger partial charge in [0.15, 0.2) is 0 Å². The third-order valence-corrected chi connectivity index (χ3v) is 15.1. The van der Waals surface area contributed by atoms with Gasteiger partial charge in [0, 0.05) is 37.8 Å². The molecule has 72 heavy (non-hydrogen) atoms. The molecule has 1 saturated heterocycles. The van der Waals surface area contributed by atoms with Crippen LogP contribution in [0.4, 0.5) is 10.1 Å². The van der Waals surface area contributed by atoms with E-state index in [4.69, 9.17) is 16.2 Å². The fraction of sp³-hybridized carbons (Fsp3) is 0.500. The Labute approximate surface area is 424 Å². The second-order valence-corrected chi connectivity index (χ2v) is 21.5. The van der Waals surface area contributed by atoms with Crippen LogP contribution in [0.3, 0.4) is 0 Å². The molecule has 1 fully saturated rings. The highest BCUT2D eigenvalue weighted by Crippen LogP contribution is 2.39. The number of halogens is 1. The normalized spacial score (nSPS) is 20.3. The molecule has 4 aromatic rings. The first-order valence-corrected chi connectivity index (χ1v) is 25.8. The number of benzene rings is 3. The molecular weight excluding hydrogens is 940 g/mol. The first-order valence-electron chi connectivity index (χ1n) is 25.0. The predicted molar refractivity (Wildman–Crippen MR) is 273 cm³/mol. The third-order valence-electron chi connectivity index (χ3n) is 14.1. The monoisotopic (exact) mass is 1010 g/mol. The number of primary amides is 1. The molecule has 1 aromatic heterocycles. The van der Waals surface area contributed by atoms with Crippen molar-refractivity contribution in [3.05, 3.63) is 106 Å². The molecule has 3 aliphatic rings. The van der Waals surface area contributed by atoms with Gasteiger partial charge >= 0.3 is 0 Å². The number of aromatic nitrogens is 1. The number of hydrogen-bond acceptors (Lipinski definition) is 11. The summed E-state index contributed by atoms with van der Waals surface area (Å²) >= 11 is 1.56. The Balaban J connectivity index is 0.882. The fourth-order valence-corrected chi connectivity index (χ4v) is 10.7. The van der Waals surface area contributed by atoms with Gasteiger partial charge in [0.1, 0.15) is 23.9 Å². The number of nitrogens with zero attached hydrogens (tertiary/aromatic N) is 3. The summed E-state index contributed by atoms with van der Waals surface area (Å²) in [6.07, 6.45) is 1.66.